The lowest BCUT2D eigenvalue weighted by Gasteiger charge is -2.21. The molecule has 0 saturated heterocycles. The van der Waals surface area contributed by atoms with E-state index in [1.165, 1.54) is 25.0 Å². The summed E-state index contributed by atoms with van der Waals surface area (Å²) in [6.07, 6.45) is 4.78. The summed E-state index contributed by atoms with van der Waals surface area (Å²) in [5.74, 6) is 0.417. The van der Waals surface area contributed by atoms with Crippen LogP contribution in [0.1, 0.15) is 41.6 Å². The highest BCUT2D eigenvalue weighted by Crippen LogP contribution is 2.25. The first kappa shape index (κ1) is 19.6. The molecule has 144 valence electrons. The summed E-state index contributed by atoms with van der Waals surface area (Å²) in [5.41, 5.74) is 1.28. The summed E-state index contributed by atoms with van der Waals surface area (Å²) < 4.78 is 27.8. The van der Waals surface area contributed by atoms with Crippen LogP contribution in [0.3, 0.4) is 0 Å². The minimum atomic E-state index is -3.68. The molecule has 2 aromatic carbocycles. The molecule has 2 aromatic rings. The highest BCUT2D eigenvalue weighted by atomic mass is 32.2. The molecule has 1 amide bonds. The molecule has 0 radical (unpaired) electrons. The molecular formula is C21H26N2O3S. The average molecular weight is 387 g/mol. The maximum atomic E-state index is 12.7. The standard InChI is InChI=1S/C21H26N2O3S/c1-23(16-18-10-5-6-11-18)21(24)19-12-7-13-20(14-19)27(25,26)22-15-17-8-3-2-4-9-17/h2-4,7-9,12-14,18,22H,5-6,10-11,15-16H2,1H3. The van der Waals surface area contributed by atoms with Crippen molar-refractivity contribution in [2.75, 3.05) is 13.6 Å². The van der Waals surface area contributed by atoms with Gasteiger partial charge in [-0.05, 0) is 42.5 Å². The van der Waals surface area contributed by atoms with Gasteiger partial charge in [0.15, 0.2) is 0 Å². The summed E-state index contributed by atoms with van der Waals surface area (Å²) in [6.45, 7) is 0.936. The number of carbonyl (C=O) groups excluding carboxylic acids is 1. The van der Waals surface area contributed by atoms with Crippen molar-refractivity contribution in [1.82, 2.24) is 9.62 Å². The van der Waals surface area contributed by atoms with E-state index in [2.05, 4.69) is 4.72 Å². The van der Waals surface area contributed by atoms with Crippen molar-refractivity contribution < 1.29 is 13.2 Å². The Kier molecular flexibility index (Phi) is 6.29. The SMILES string of the molecule is CN(CC1CCCC1)C(=O)c1cccc(S(=O)(=O)NCc2ccccc2)c1. The van der Waals surface area contributed by atoms with Crippen LogP contribution in [-0.2, 0) is 16.6 Å². The van der Waals surface area contributed by atoms with Gasteiger partial charge in [0.1, 0.15) is 0 Å². The summed E-state index contributed by atoms with van der Waals surface area (Å²) >= 11 is 0. The Balaban J connectivity index is 1.69. The van der Waals surface area contributed by atoms with Gasteiger partial charge >= 0.3 is 0 Å². The first-order valence-electron chi connectivity index (χ1n) is 9.35. The van der Waals surface area contributed by atoms with Crippen molar-refractivity contribution in [3.63, 3.8) is 0 Å². The van der Waals surface area contributed by atoms with E-state index < -0.39 is 10.0 Å². The van der Waals surface area contributed by atoms with Crippen LogP contribution < -0.4 is 4.72 Å². The molecule has 1 aliphatic rings. The number of benzene rings is 2. The zero-order valence-corrected chi connectivity index (χ0v) is 16.4. The molecule has 0 bridgehead atoms. The van der Waals surface area contributed by atoms with Crippen LogP contribution >= 0.6 is 0 Å². The molecule has 0 atom stereocenters. The first-order valence-corrected chi connectivity index (χ1v) is 10.8. The van der Waals surface area contributed by atoms with Crippen LogP contribution in [0.25, 0.3) is 0 Å². The largest absolute Gasteiger partial charge is 0.341 e. The maximum Gasteiger partial charge on any atom is 0.253 e. The molecule has 0 heterocycles. The number of sulfonamides is 1. The predicted molar refractivity (Wildman–Crippen MR) is 106 cm³/mol. The van der Waals surface area contributed by atoms with Crippen molar-refractivity contribution in [3.05, 3.63) is 65.7 Å². The van der Waals surface area contributed by atoms with E-state index in [0.717, 1.165) is 24.9 Å². The van der Waals surface area contributed by atoms with Crippen LogP contribution in [0.2, 0.25) is 0 Å². The summed E-state index contributed by atoms with van der Waals surface area (Å²) in [4.78, 5) is 14.5. The van der Waals surface area contributed by atoms with Crippen LogP contribution in [-0.4, -0.2) is 32.8 Å². The molecule has 6 heteroatoms. The maximum absolute atomic E-state index is 12.7. The Morgan fingerprint density at radius 2 is 1.78 bits per heavy atom. The second kappa shape index (κ2) is 8.67. The third kappa shape index (κ3) is 5.17. The van der Waals surface area contributed by atoms with E-state index >= 15 is 0 Å². The topological polar surface area (TPSA) is 66.5 Å². The molecule has 1 aliphatic carbocycles. The van der Waals surface area contributed by atoms with Crippen LogP contribution in [0.5, 0.6) is 0 Å². The normalized spacial score (nSPS) is 15.0. The summed E-state index contributed by atoms with van der Waals surface area (Å²) in [5, 5.41) is 0. The Morgan fingerprint density at radius 3 is 2.48 bits per heavy atom. The van der Waals surface area contributed by atoms with Crippen molar-refractivity contribution in [2.45, 2.75) is 37.1 Å². The molecule has 3 rings (SSSR count). The van der Waals surface area contributed by atoms with E-state index in [4.69, 9.17) is 0 Å². The molecule has 1 N–H and O–H groups in total. The Hall–Kier alpha value is -2.18. The monoisotopic (exact) mass is 386 g/mol. The molecule has 0 spiro atoms. The lowest BCUT2D eigenvalue weighted by atomic mass is 10.1. The van der Waals surface area contributed by atoms with Crippen LogP contribution in [0.4, 0.5) is 0 Å². The van der Waals surface area contributed by atoms with E-state index in [9.17, 15) is 13.2 Å². The highest BCUT2D eigenvalue weighted by Gasteiger charge is 2.22. The Labute approximate surface area is 161 Å². The molecule has 0 aliphatic heterocycles. The second-order valence-electron chi connectivity index (χ2n) is 7.17. The lowest BCUT2D eigenvalue weighted by molar-refractivity contribution is 0.0773. The van der Waals surface area contributed by atoms with Gasteiger partial charge in [-0.1, -0.05) is 49.2 Å². The van der Waals surface area contributed by atoms with Gasteiger partial charge in [-0.15, -0.1) is 0 Å². The van der Waals surface area contributed by atoms with Crippen LogP contribution in [0, 0.1) is 5.92 Å². The Morgan fingerprint density at radius 1 is 1.07 bits per heavy atom. The van der Waals surface area contributed by atoms with Gasteiger partial charge in [0.05, 0.1) is 4.90 Å². The summed E-state index contributed by atoms with van der Waals surface area (Å²) in [6, 6.07) is 15.6. The quantitative estimate of drug-likeness (QED) is 0.793. The first-order chi connectivity index (χ1) is 13.0. The molecule has 1 saturated carbocycles. The molecule has 5 nitrogen and oxygen atoms in total. The summed E-state index contributed by atoms with van der Waals surface area (Å²) in [7, 11) is -1.90. The Bertz CT molecular complexity index is 875. The smallest absolute Gasteiger partial charge is 0.253 e. The van der Waals surface area contributed by atoms with Gasteiger partial charge < -0.3 is 4.90 Å². The van der Waals surface area contributed by atoms with E-state index in [1.807, 2.05) is 30.3 Å². The molecule has 0 unspecified atom stereocenters. The fourth-order valence-electron chi connectivity index (χ4n) is 3.54. The lowest BCUT2D eigenvalue weighted by Crippen LogP contribution is -2.31. The number of nitrogens with one attached hydrogen (secondary N) is 1. The average Bonchev–Trinajstić information content (AvgIpc) is 3.20. The number of rotatable bonds is 7. The van der Waals surface area contributed by atoms with E-state index in [0.29, 0.717) is 11.5 Å². The van der Waals surface area contributed by atoms with Crippen molar-refractivity contribution in [2.24, 2.45) is 5.92 Å². The number of hydrogen-bond acceptors (Lipinski definition) is 3. The third-order valence-corrected chi connectivity index (χ3v) is 6.45. The van der Waals surface area contributed by atoms with Crippen molar-refractivity contribution >= 4 is 15.9 Å². The molecule has 1 fully saturated rings. The van der Waals surface area contributed by atoms with E-state index in [1.54, 1.807) is 24.1 Å². The minimum Gasteiger partial charge on any atom is -0.341 e. The third-order valence-electron chi connectivity index (χ3n) is 5.05. The number of hydrogen-bond donors (Lipinski definition) is 1. The number of carbonyl (C=O) groups is 1. The fourth-order valence-corrected chi connectivity index (χ4v) is 4.60. The molecule has 27 heavy (non-hydrogen) atoms. The highest BCUT2D eigenvalue weighted by molar-refractivity contribution is 7.89. The zero-order valence-electron chi connectivity index (χ0n) is 15.6. The second-order valence-corrected chi connectivity index (χ2v) is 8.94. The van der Waals surface area contributed by atoms with E-state index in [-0.39, 0.29) is 17.3 Å². The van der Waals surface area contributed by atoms with Gasteiger partial charge in [-0.2, -0.15) is 0 Å². The predicted octanol–water partition coefficient (Wildman–Crippen LogP) is 3.43. The minimum absolute atomic E-state index is 0.110. The molecule has 0 aromatic heterocycles. The number of nitrogens with zero attached hydrogens (tertiary/aromatic N) is 1. The van der Waals surface area contributed by atoms with Gasteiger partial charge in [-0.25, -0.2) is 13.1 Å². The zero-order chi connectivity index (χ0) is 19.3. The van der Waals surface area contributed by atoms with Crippen molar-refractivity contribution in [1.29, 1.82) is 0 Å². The van der Waals surface area contributed by atoms with Gasteiger partial charge in [0.2, 0.25) is 10.0 Å². The van der Waals surface area contributed by atoms with Gasteiger partial charge in [0, 0.05) is 25.7 Å². The molecular weight excluding hydrogens is 360 g/mol. The van der Waals surface area contributed by atoms with Crippen molar-refractivity contribution in [3.8, 4) is 0 Å². The van der Waals surface area contributed by atoms with Gasteiger partial charge in [0.25, 0.3) is 5.91 Å². The number of amides is 1. The van der Waals surface area contributed by atoms with Gasteiger partial charge in [-0.3, -0.25) is 4.79 Å². The van der Waals surface area contributed by atoms with Crippen LogP contribution in [0.15, 0.2) is 59.5 Å². The fraction of sp³-hybridized carbons (Fsp3) is 0.381.